The van der Waals surface area contributed by atoms with Crippen LogP contribution < -0.4 is 0 Å². The third kappa shape index (κ3) is 3.66. The number of sulfonamides is 1. The van der Waals surface area contributed by atoms with Crippen LogP contribution in [0.25, 0.3) is 0 Å². The van der Waals surface area contributed by atoms with Gasteiger partial charge in [0, 0.05) is 13.1 Å². The second-order valence-corrected chi connectivity index (χ2v) is 7.27. The third-order valence-electron chi connectivity index (χ3n) is 3.14. The molecule has 1 fully saturated rings. The number of ether oxygens (including phenoxy) is 1. The summed E-state index contributed by atoms with van der Waals surface area (Å²) >= 11 is 0. The van der Waals surface area contributed by atoms with Gasteiger partial charge in [-0.25, -0.2) is 12.7 Å². The lowest BCUT2D eigenvalue weighted by Crippen LogP contribution is -2.37. The lowest BCUT2D eigenvalue weighted by atomic mass is 9.90. The Labute approximate surface area is 108 Å². The molecule has 0 aromatic rings. The monoisotopic (exact) mass is 279 g/mol. The fourth-order valence-corrected chi connectivity index (χ4v) is 3.27. The van der Waals surface area contributed by atoms with E-state index in [1.807, 2.05) is 13.8 Å². The summed E-state index contributed by atoms with van der Waals surface area (Å²) in [5, 5.41) is 9.06. The van der Waals surface area contributed by atoms with Gasteiger partial charge in [0.2, 0.25) is 10.0 Å². The first-order chi connectivity index (χ1) is 8.17. The number of carbonyl (C=O) groups is 1. The fourth-order valence-electron chi connectivity index (χ4n) is 1.85. The topological polar surface area (TPSA) is 83.9 Å². The SMILES string of the molecule is CC(C)OCCS(=O)(=O)N1CCC(C)(C(=O)O)C1. The molecule has 1 N–H and O–H groups in total. The quantitative estimate of drug-likeness (QED) is 0.767. The molecule has 7 heteroatoms. The second kappa shape index (κ2) is 5.54. The number of aliphatic carboxylic acids is 1. The van der Waals surface area contributed by atoms with Gasteiger partial charge in [-0.1, -0.05) is 0 Å². The van der Waals surface area contributed by atoms with Crippen molar-refractivity contribution in [2.45, 2.75) is 33.3 Å². The Morgan fingerprint density at radius 1 is 1.50 bits per heavy atom. The standard InChI is InChI=1S/C11H21NO5S/c1-9(2)17-6-7-18(15,16)12-5-4-11(3,8-12)10(13)14/h9H,4-8H2,1-3H3,(H,13,14). The number of rotatable bonds is 6. The molecule has 1 unspecified atom stereocenters. The zero-order valence-corrected chi connectivity index (χ0v) is 11.9. The molecular weight excluding hydrogens is 258 g/mol. The normalized spacial score (nSPS) is 25.8. The van der Waals surface area contributed by atoms with E-state index in [1.54, 1.807) is 6.92 Å². The highest BCUT2D eigenvalue weighted by molar-refractivity contribution is 7.89. The van der Waals surface area contributed by atoms with E-state index in [1.165, 1.54) is 4.31 Å². The smallest absolute Gasteiger partial charge is 0.310 e. The van der Waals surface area contributed by atoms with Crippen molar-refractivity contribution < 1.29 is 23.1 Å². The molecule has 106 valence electrons. The molecule has 1 rings (SSSR count). The van der Waals surface area contributed by atoms with Gasteiger partial charge < -0.3 is 9.84 Å². The van der Waals surface area contributed by atoms with Crippen LogP contribution in [0.2, 0.25) is 0 Å². The van der Waals surface area contributed by atoms with Gasteiger partial charge in [-0.15, -0.1) is 0 Å². The van der Waals surface area contributed by atoms with Crippen LogP contribution in [-0.2, 0) is 19.6 Å². The Hall–Kier alpha value is -0.660. The number of carboxylic acids is 1. The van der Waals surface area contributed by atoms with Gasteiger partial charge in [0.15, 0.2) is 0 Å². The van der Waals surface area contributed by atoms with E-state index in [0.29, 0.717) is 6.42 Å². The van der Waals surface area contributed by atoms with Gasteiger partial charge in [0.1, 0.15) is 0 Å². The number of hydrogen-bond donors (Lipinski definition) is 1. The maximum Gasteiger partial charge on any atom is 0.310 e. The highest BCUT2D eigenvalue weighted by Gasteiger charge is 2.44. The van der Waals surface area contributed by atoms with E-state index in [9.17, 15) is 13.2 Å². The van der Waals surface area contributed by atoms with Crippen LogP contribution in [0, 0.1) is 5.41 Å². The third-order valence-corrected chi connectivity index (χ3v) is 4.92. The van der Waals surface area contributed by atoms with Gasteiger partial charge in [-0.2, -0.15) is 0 Å². The van der Waals surface area contributed by atoms with E-state index in [-0.39, 0.29) is 31.6 Å². The molecule has 0 aliphatic carbocycles. The Morgan fingerprint density at radius 2 is 2.11 bits per heavy atom. The first kappa shape index (κ1) is 15.4. The Balaban J connectivity index is 2.58. The highest BCUT2D eigenvalue weighted by atomic mass is 32.2. The molecule has 1 heterocycles. The maximum absolute atomic E-state index is 12.0. The molecule has 0 bridgehead atoms. The van der Waals surface area contributed by atoms with Crippen molar-refractivity contribution in [1.29, 1.82) is 0 Å². The van der Waals surface area contributed by atoms with Gasteiger partial charge in [-0.3, -0.25) is 4.79 Å². The zero-order chi connectivity index (χ0) is 14.0. The summed E-state index contributed by atoms with van der Waals surface area (Å²) in [6, 6.07) is 0. The Bertz CT molecular complexity index is 406. The predicted octanol–water partition coefficient (Wildman–Crippen LogP) is 0.538. The summed E-state index contributed by atoms with van der Waals surface area (Å²) in [4.78, 5) is 11.1. The molecule has 0 saturated carbocycles. The van der Waals surface area contributed by atoms with Crippen LogP contribution >= 0.6 is 0 Å². The molecule has 0 amide bonds. The average Bonchev–Trinajstić information content (AvgIpc) is 2.62. The first-order valence-electron chi connectivity index (χ1n) is 6.00. The summed E-state index contributed by atoms with van der Waals surface area (Å²) in [5.74, 6) is -1.04. The summed E-state index contributed by atoms with van der Waals surface area (Å²) in [6.45, 7) is 5.71. The minimum absolute atomic E-state index is 0.0111. The van der Waals surface area contributed by atoms with E-state index in [4.69, 9.17) is 9.84 Å². The van der Waals surface area contributed by atoms with Crippen molar-refractivity contribution in [3.63, 3.8) is 0 Å². The van der Waals surface area contributed by atoms with Crippen LogP contribution in [-0.4, -0.2) is 55.4 Å². The van der Waals surface area contributed by atoms with Crippen molar-refractivity contribution in [3.05, 3.63) is 0 Å². The molecule has 0 spiro atoms. The maximum atomic E-state index is 12.0. The van der Waals surface area contributed by atoms with Gasteiger partial charge in [0.25, 0.3) is 0 Å². The molecule has 0 radical (unpaired) electrons. The van der Waals surface area contributed by atoms with E-state index >= 15 is 0 Å². The van der Waals surface area contributed by atoms with Crippen LogP contribution in [0.4, 0.5) is 0 Å². The van der Waals surface area contributed by atoms with Crippen LogP contribution in [0.15, 0.2) is 0 Å². The molecule has 1 aliphatic rings. The molecule has 1 saturated heterocycles. The Morgan fingerprint density at radius 3 is 2.56 bits per heavy atom. The Kier molecular flexibility index (Phi) is 4.74. The van der Waals surface area contributed by atoms with Crippen molar-refractivity contribution in [2.24, 2.45) is 5.41 Å². The van der Waals surface area contributed by atoms with Crippen molar-refractivity contribution >= 4 is 16.0 Å². The molecule has 1 aliphatic heterocycles. The van der Waals surface area contributed by atoms with Crippen molar-refractivity contribution in [2.75, 3.05) is 25.4 Å². The summed E-state index contributed by atoms with van der Waals surface area (Å²) in [7, 11) is -3.42. The zero-order valence-electron chi connectivity index (χ0n) is 11.0. The first-order valence-corrected chi connectivity index (χ1v) is 7.61. The van der Waals surface area contributed by atoms with E-state index in [2.05, 4.69) is 0 Å². The molecule has 0 aromatic heterocycles. The molecule has 6 nitrogen and oxygen atoms in total. The molecule has 0 aromatic carbocycles. The number of nitrogens with zero attached hydrogens (tertiary/aromatic N) is 1. The predicted molar refractivity (Wildman–Crippen MR) is 66.8 cm³/mol. The van der Waals surface area contributed by atoms with Crippen LogP contribution in [0.3, 0.4) is 0 Å². The summed E-state index contributed by atoms with van der Waals surface area (Å²) < 4.78 is 30.4. The lowest BCUT2D eigenvalue weighted by molar-refractivity contribution is -0.146. The van der Waals surface area contributed by atoms with Gasteiger partial charge in [-0.05, 0) is 27.2 Å². The van der Waals surface area contributed by atoms with Crippen molar-refractivity contribution in [1.82, 2.24) is 4.31 Å². The highest BCUT2D eigenvalue weighted by Crippen LogP contribution is 2.31. The van der Waals surface area contributed by atoms with Crippen molar-refractivity contribution in [3.8, 4) is 0 Å². The number of hydrogen-bond acceptors (Lipinski definition) is 4. The van der Waals surface area contributed by atoms with E-state index < -0.39 is 21.4 Å². The minimum atomic E-state index is -3.42. The molecule has 1 atom stereocenters. The summed E-state index contributed by atoms with van der Waals surface area (Å²) in [5.41, 5.74) is -0.966. The average molecular weight is 279 g/mol. The molecule has 18 heavy (non-hydrogen) atoms. The van der Waals surface area contributed by atoms with Gasteiger partial charge in [0.05, 0.1) is 23.9 Å². The summed E-state index contributed by atoms with van der Waals surface area (Å²) in [6.07, 6.45) is 0.343. The van der Waals surface area contributed by atoms with Crippen LogP contribution in [0.5, 0.6) is 0 Å². The fraction of sp³-hybridized carbons (Fsp3) is 0.909. The second-order valence-electron chi connectivity index (χ2n) is 5.18. The molecular formula is C11H21NO5S. The minimum Gasteiger partial charge on any atom is -0.481 e. The largest absolute Gasteiger partial charge is 0.481 e. The number of carboxylic acid groups (broad SMARTS) is 1. The van der Waals surface area contributed by atoms with Gasteiger partial charge >= 0.3 is 5.97 Å². The van der Waals surface area contributed by atoms with E-state index in [0.717, 1.165) is 0 Å². The lowest BCUT2D eigenvalue weighted by Gasteiger charge is -2.20. The van der Waals surface area contributed by atoms with Crippen LogP contribution in [0.1, 0.15) is 27.2 Å².